The summed E-state index contributed by atoms with van der Waals surface area (Å²) >= 11 is 5.26. The van der Waals surface area contributed by atoms with E-state index in [0.29, 0.717) is 5.92 Å². The van der Waals surface area contributed by atoms with E-state index in [0.717, 1.165) is 27.6 Å². The number of halogens is 1. The molecule has 0 saturated heterocycles. The SMILES string of the molecule is CC(C)c1nc(-c2cncc(Br)c2)sc1CNC1CC1. The van der Waals surface area contributed by atoms with Crippen LogP contribution in [0.15, 0.2) is 22.9 Å². The molecule has 0 radical (unpaired) electrons. The number of aromatic nitrogens is 2. The van der Waals surface area contributed by atoms with Crippen molar-refractivity contribution < 1.29 is 0 Å². The van der Waals surface area contributed by atoms with Gasteiger partial charge < -0.3 is 5.32 Å². The lowest BCUT2D eigenvalue weighted by Crippen LogP contribution is -2.15. The highest BCUT2D eigenvalue weighted by atomic mass is 79.9. The molecule has 3 nitrogen and oxygen atoms in total. The van der Waals surface area contributed by atoms with Crippen molar-refractivity contribution in [2.45, 2.75) is 45.2 Å². The predicted octanol–water partition coefficient (Wildman–Crippen LogP) is 4.34. The van der Waals surface area contributed by atoms with Crippen molar-refractivity contribution in [2.24, 2.45) is 0 Å². The van der Waals surface area contributed by atoms with Crippen LogP contribution in [0.4, 0.5) is 0 Å². The molecule has 1 fully saturated rings. The van der Waals surface area contributed by atoms with Gasteiger partial charge in [0.2, 0.25) is 0 Å². The minimum absolute atomic E-state index is 0.455. The smallest absolute Gasteiger partial charge is 0.125 e. The maximum Gasteiger partial charge on any atom is 0.125 e. The summed E-state index contributed by atoms with van der Waals surface area (Å²) in [5, 5.41) is 4.65. The number of thiazole rings is 1. The van der Waals surface area contributed by atoms with Gasteiger partial charge in [0.25, 0.3) is 0 Å². The molecular formula is C15H18BrN3S. The van der Waals surface area contributed by atoms with Crippen molar-refractivity contribution in [3.8, 4) is 10.6 Å². The first-order valence-corrected chi connectivity index (χ1v) is 8.58. The number of pyridine rings is 1. The van der Waals surface area contributed by atoms with Crippen molar-refractivity contribution in [3.05, 3.63) is 33.5 Å². The fraction of sp³-hybridized carbons (Fsp3) is 0.467. The molecule has 2 aromatic rings. The van der Waals surface area contributed by atoms with Gasteiger partial charge in [-0.3, -0.25) is 4.98 Å². The summed E-state index contributed by atoms with van der Waals surface area (Å²) in [4.78, 5) is 10.4. The Labute approximate surface area is 132 Å². The third-order valence-corrected chi connectivity index (χ3v) is 4.91. The molecule has 1 aliphatic rings. The van der Waals surface area contributed by atoms with Gasteiger partial charge >= 0.3 is 0 Å². The van der Waals surface area contributed by atoms with Gasteiger partial charge in [-0.2, -0.15) is 0 Å². The standard InChI is InChI=1S/C15H18BrN3S/c1-9(2)14-13(8-18-12-3-4-12)20-15(19-14)10-5-11(16)7-17-6-10/h5-7,9,12,18H,3-4,8H2,1-2H3. The summed E-state index contributed by atoms with van der Waals surface area (Å²) in [6, 6.07) is 2.81. The zero-order valence-corrected chi connectivity index (χ0v) is 14.1. The van der Waals surface area contributed by atoms with Crippen LogP contribution in [0.2, 0.25) is 0 Å². The summed E-state index contributed by atoms with van der Waals surface area (Å²) in [5.41, 5.74) is 2.31. The Morgan fingerprint density at radius 2 is 2.20 bits per heavy atom. The summed E-state index contributed by atoms with van der Waals surface area (Å²) in [5.74, 6) is 0.455. The first-order chi connectivity index (χ1) is 9.63. The molecule has 2 aromatic heterocycles. The van der Waals surface area contributed by atoms with Crippen LogP contribution in [0.1, 0.15) is 43.2 Å². The highest BCUT2D eigenvalue weighted by Crippen LogP contribution is 2.33. The molecule has 1 aliphatic carbocycles. The lowest BCUT2D eigenvalue weighted by molar-refractivity contribution is 0.681. The van der Waals surface area contributed by atoms with Crippen LogP contribution in [0.3, 0.4) is 0 Å². The van der Waals surface area contributed by atoms with E-state index in [9.17, 15) is 0 Å². The van der Waals surface area contributed by atoms with Gasteiger partial charge in [-0.25, -0.2) is 4.98 Å². The van der Waals surface area contributed by atoms with E-state index in [-0.39, 0.29) is 0 Å². The van der Waals surface area contributed by atoms with E-state index in [1.807, 2.05) is 6.20 Å². The second-order valence-corrected chi connectivity index (χ2v) is 7.53. The van der Waals surface area contributed by atoms with E-state index in [1.54, 1.807) is 17.5 Å². The molecule has 0 bridgehead atoms. The minimum Gasteiger partial charge on any atom is -0.309 e. The van der Waals surface area contributed by atoms with Crippen LogP contribution in [0.5, 0.6) is 0 Å². The van der Waals surface area contributed by atoms with Crippen molar-refractivity contribution in [1.82, 2.24) is 15.3 Å². The minimum atomic E-state index is 0.455. The third-order valence-electron chi connectivity index (χ3n) is 3.35. The average Bonchev–Trinajstić information content (AvgIpc) is 3.14. The average molecular weight is 352 g/mol. The molecule has 2 heterocycles. The summed E-state index contributed by atoms with van der Waals surface area (Å²) < 4.78 is 0.994. The van der Waals surface area contributed by atoms with E-state index < -0.39 is 0 Å². The van der Waals surface area contributed by atoms with Gasteiger partial charge in [0.05, 0.1) is 5.69 Å². The fourth-order valence-electron chi connectivity index (χ4n) is 2.12. The zero-order valence-electron chi connectivity index (χ0n) is 11.7. The van der Waals surface area contributed by atoms with Crippen molar-refractivity contribution >= 4 is 27.3 Å². The molecule has 1 N–H and O–H groups in total. The topological polar surface area (TPSA) is 37.8 Å². The second kappa shape index (κ2) is 5.92. The number of nitrogens with zero attached hydrogens (tertiary/aromatic N) is 2. The number of hydrogen-bond acceptors (Lipinski definition) is 4. The Kier molecular flexibility index (Phi) is 4.19. The first kappa shape index (κ1) is 14.2. The lowest BCUT2D eigenvalue weighted by atomic mass is 10.1. The Bertz CT molecular complexity index is 605. The van der Waals surface area contributed by atoms with Crippen molar-refractivity contribution in [3.63, 3.8) is 0 Å². The van der Waals surface area contributed by atoms with E-state index >= 15 is 0 Å². The van der Waals surface area contributed by atoms with Gasteiger partial charge in [0.15, 0.2) is 0 Å². The van der Waals surface area contributed by atoms with Crippen LogP contribution in [0, 0.1) is 0 Å². The third kappa shape index (κ3) is 3.27. The second-order valence-electron chi connectivity index (χ2n) is 5.53. The van der Waals surface area contributed by atoms with Gasteiger partial charge in [-0.15, -0.1) is 11.3 Å². The largest absolute Gasteiger partial charge is 0.309 e. The number of rotatable bonds is 5. The summed E-state index contributed by atoms with van der Waals surface area (Å²) in [6.45, 7) is 5.36. The van der Waals surface area contributed by atoms with Gasteiger partial charge in [-0.1, -0.05) is 13.8 Å². The van der Waals surface area contributed by atoms with Crippen molar-refractivity contribution in [1.29, 1.82) is 0 Å². The van der Waals surface area contributed by atoms with Gasteiger partial charge in [0.1, 0.15) is 5.01 Å². The molecule has 5 heteroatoms. The monoisotopic (exact) mass is 351 g/mol. The molecule has 1 saturated carbocycles. The summed E-state index contributed by atoms with van der Waals surface area (Å²) in [6.07, 6.45) is 6.32. The molecule has 20 heavy (non-hydrogen) atoms. The van der Waals surface area contributed by atoms with Crippen LogP contribution in [-0.2, 0) is 6.54 Å². The lowest BCUT2D eigenvalue weighted by Gasteiger charge is -2.05. The molecular weight excluding hydrogens is 334 g/mol. The normalized spacial score (nSPS) is 15.0. The van der Waals surface area contributed by atoms with Crippen LogP contribution < -0.4 is 5.32 Å². The first-order valence-electron chi connectivity index (χ1n) is 6.97. The summed E-state index contributed by atoms with van der Waals surface area (Å²) in [7, 11) is 0. The van der Waals surface area contributed by atoms with Crippen molar-refractivity contribution in [2.75, 3.05) is 0 Å². The molecule has 0 amide bonds. The van der Waals surface area contributed by atoms with E-state index in [2.05, 4.69) is 46.1 Å². The maximum atomic E-state index is 4.84. The molecule has 106 valence electrons. The Balaban J connectivity index is 1.89. The van der Waals surface area contributed by atoms with Gasteiger partial charge in [-0.05, 0) is 40.8 Å². The fourth-order valence-corrected chi connectivity index (χ4v) is 3.63. The highest BCUT2D eigenvalue weighted by molar-refractivity contribution is 9.10. The number of nitrogens with one attached hydrogen (secondary N) is 1. The molecule has 0 atom stereocenters. The van der Waals surface area contributed by atoms with Crippen LogP contribution in [-0.4, -0.2) is 16.0 Å². The Morgan fingerprint density at radius 1 is 1.40 bits per heavy atom. The molecule has 3 rings (SSSR count). The molecule has 0 aliphatic heterocycles. The highest BCUT2D eigenvalue weighted by Gasteiger charge is 2.22. The number of hydrogen-bond donors (Lipinski definition) is 1. The maximum absolute atomic E-state index is 4.84. The van der Waals surface area contributed by atoms with Crippen LogP contribution in [0.25, 0.3) is 10.6 Å². The van der Waals surface area contributed by atoms with E-state index in [4.69, 9.17) is 4.98 Å². The Morgan fingerprint density at radius 3 is 2.85 bits per heavy atom. The predicted molar refractivity (Wildman–Crippen MR) is 87.0 cm³/mol. The van der Waals surface area contributed by atoms with Crippen LogP contribution >= 0.6 is 27.3 Å². The molecule has 0 aromatic carbocycles. The van der Waals surface area contributed by atoms with Gasteiger partial charge in [0, 0.05) is 39.9 Å². The van der Waals surface area contributed by atoms with E-state index in [1.165, 1.54) is 23.4 Å². The molecule has 0 spiro atoms. The zero-order chi connectivity index (χ0) is 14.1. The Hall–Kier alpha value is -0.780. The quantitative estimate of drug-likeness (QED) is 0.870. The molecule has 0 unspecified atom stereocenters.